The van der Waals surface area contributed by atoms with Gasteiger partial charge in [0.05, 0.1) is 6.61 Å². The number of hydrogen-bond acceptors (Lipinski definition) is 3. The highest BCUT2D eigenvalue weighted by Gasteiger charge is 2.20. The maximum Gasteiger partial charge on any atom is 0.221 e. The Morgan fingerprint density at radius 2 is 2.00 bits per heavy atom. The minimum Gasteiger partial charge on any atom is -0.392 e. The van der Waals surface area contributed by atoms with Crippen LogP contribution in [-0.2, 0) is 17.9 Å². The van der Waals surface area contributed by atoms with Crippen LogP contribution in [0.25, 0.3) is 0 Å². The fourth-order valence-corrected chi connectivity index (χ4v) is 2.25. The van der Waals surface area contributed by atoms with E-state index >= 15 is 0 Å². The number of nitrogens with zero attached hydrogens (tertiary/aromatic N) is 1. The number of carbonyl (C=O) groups is 1. The van der Waals surface area contributed by atoms with Crippen LogP contribution >= 0.6 is 0 Å². The standard InChI is InChI=1S/C14H20N2O2/c1-11-8-14(18)15-6-7-16(11)9-12-2-4-13(10-17)5-3-12/h2-5,11,17H,6-10H2,1H3,(H,15,18). The van der Waals surface area contributed by atoms with Crippen LogP contribution in [0.5, 0.6) is 0 Å². The first-order chi connectivity index (χ1) is 8.69. The Kier molecular flexibility index (Phi) is 4.33. The van der Waals surface area contributed by atoms with Crippen molar-refractivity contribution in [2.24, 2.45) is 0 Å². The number of carbonyl (C=O) groups excluding carboxylic acids is 1. The smallest absolute Gasteiger partial charge is 0.221 e. The van der Waals surface area contributed by atoms with Gasteiger partial charge in [0.1, 0.15) is 0 Å². The molecule has 4 heteroatoms. The lowest BCUT2D eigenvalue weighted by Gasteiger charge is -2.25. The molecule has 1 aromatic carbocycles. The van der Waals surface area contributed by atoms with Gasteiger partial charge in [-0.3, -0.25) is 9.69 Å². The van der Waals surface area contributed by atoms with E-state index in [4.69, 9.17) is 5.11 Å². The van der Waals surface area contributed by atoms with Gasteiger partial charge in [-0.25, -0.2) is 0 Å². The van der Waals surface area contributed by atoms with E-state index in [1.807, 2.05) is 24.3 Å². The van der Waals surface area contributed by atoms with Crippen LogP contribution in [-0.4, -0.2) is 35.0 Å². The zero-order valence-corrected chi connectivity index (χ0v) is 10.7. The summed E-state index contributed by atoms with van der Waals surface area (Å²) in [5.41, 5.74) is 2.15. The van der Waals surface area contributed by atoms with Crippen LogP contribution in [0.4, 0.5) is 0 Å². The Morgan fingerprint density at radius 1 is 1.33 bits per heavy atom. The Balaban J connectivity index is 2.00. The molecule has 0 saturated carbocycles. The molecule has 1 aromatic rings. The van der Waals surface area contributed by atoms with Crippen LogP contribution in [0, 0.1) is 0 Å². The third-order valence-corrected chi connectivity index (χ3v) is 3.42. The van der Waals surface area contributed by atoms with Crippen molar-refractivity contribution in [2.75, 3.05) is 13.1 Å². The van der Waals surface area contributed by atoms with Crippen molar-refractivity contribution in [1.29, 1.82) is 0 Å². The number of nitrogens with one attached hydrogen (secondary N) is 1. The fourth-order valence-electron chi connectivity index (χ4n) is 2.25. The molecule has 1 atom stereocenters. The second kappa shape index (κ2) is 5.98. The molecule has 1 aliphatic rings. The minimum absolute atomic E-state index is 0.0822. The van der Waals surface area contributed by atoms with Gasteiger partial charge in [-0.15, -0.1) is 0 Å². The molecule has 1 saturated heterocycles. The minimum atomic E-state index is 0.0822. The highest BCUT2D eigenvalue weighted by molar-refractivity contribution is 5.76. The predicted molar refractivity (Wildman–Crippen MR) is 69.9 cm³/mol. The van der Waals surface area contributed by atoms with Crippen LogP contribution in [0.2, 0.25) is 0 Å². The highest BCUT2D eigenvalue weighted by Crippen LogP contribution is 2.13. The average molecular weight is 248 g/mol. The van der Waals surface area contributed by atoms with Crippen molar-refractivity contribution in [1.82, 2.24) is 10.2 Å². The number of benzene rings is 1. The second-order valence-electron chi connectivity index (χ2n) is 4.85. The van der Waals surface area contributed by atoms with Crippen molar-refractivity contribution in [2.45, 2.75) is 32.5 Å². The monoisotopic (exact) mass is 248 g/mol. The maximum atomic E-state index is 11.4. The van der Waals surface area contributed by atoms with Gasteiger partial charge >= 0.3 is 0 Å². The molecule has 0 aliphatic carbocycles. The molecule has 1 unspecified atom stereocenters. The maximum absolute atomic E-state index is 11.4. The lowest BCUT2D eigenvalue weighted by Crippen LogP contribution is -2.33. The molecule has 2 N–H and O–H groups in total. The first-order valence-corrected chi connectivity index (χ1v) is 6.38. The molecule has 18 heavy (non-hydrogen) atoms. The van der Waals surface area contributed by atoms with Gasteiger partial charge in [0.2, 0.25) is 5.91 Å². The van der Waals surface area contributed by atoms with Crippen molar-refractivity contribution in [3.05, 3.63) is 35.4 Å². The van der Waals surface area contributed by atoms with Gasteiger partial charge in [0.15, 0.2) is 0 Å². The normalized spacial score (nSPS) is 21.4. The molecule has 0 radical (unpaired) electrons. The van der Waals surface area contributed by atoms with E-state index < -0.39 is 0 Å². The number of aliphatic hydroxyl groups is 1. The quantitative estimate of drug-likeness (QED) is 0.835. The van der Waals surface area contributed by atoms with Crippen molar-refractivity contribution >= 4 is 5.91 Å². The zero-order valence-electron chi connectivity index (χ0n) is 10.7. The van der Waals surface area contributed by atoms with E-state index in [0.717, 1.165) is 25.2 Å². The van der Waals surface area contributed by atoms with E-state index in [-0.39, 0.29) is 18.6 Å². The molecule has 2 rings (SSSR count). The number of hydrogen-bond donors (Lipinski definition) is 2. The van der Waals surface area contributed by atoms with E-state index in [1.165, 1.54) is 5.56 Å². The molecular weight excluding hydrogens is 228 g/mol. The molecule has 1 heterocycles. The summed E-state index contributed by atoms with van der Waals surface area (Å²) >= 11 is 0. The van der Waals surface area contributed by atoms with Gasteiger partial charge in [-0.1, -0.05) is 24.3 Å². The van der Waals surface area contributed by atoms with Gasteiger partial charge in [-0.05, 0) is 18.1 Å². The van der Waals surface area contributed by atoms with E-state index in [0.29, 0.717) is 6.42 Å². The number of aliphatic hydroxyl groups excluding tert-OH is 1. The first-order valence-electron chi connectivity index (χ1n) is 6.38. The van der Waals surface area contributed by atoms with E-state index in [2.05, 4.69) is 17.1 Å². The molecule has 1 amide bonds. The van der Waals surface area contributed by atoms with Crippen LogP contribution < -0.4 is 5.32 Å². The van der Waals surface area contributed by atoms with E-state index in [1.54, 1.807) is 0 Å². The summed E-state index contributed by atoms with van der Waals surface area (Å²) in [4.78, 5) is 13.7. The first kappa shape index (κ1) is 13.1. The Bertz CT molecular complexity index is 403. The van der Waals surface area contributed by atoms with Crippen LogP contribution in [0.3, 0.4) is 0 Å². The summed E-state index contributed by atoms with van der Waals surface area (Å²) in [7, 11) is 0. The predicted octanol–water partition coefficient (Wildman–Crippen LogP) is 0.889. The lowest BCUT2D eigenvalue weighted by molar-refractivity contribution is -0.121. The molecule has 0 aromatic heterocycles. The molecule has 98 valence electrons. The molecule has 0 bridgehead atoms. The summed E-state index contributed by atoms with van der Waals surface area (Å²) < 4.78 is 0. The molecule has 4 nitrogen and oxygen atoms in total. The topological polar surface area (TPSA) is 52.6 Å². The molecular formula is C14H20N2O2. The highest BCUT2D eigenvalue weighted by atomic mass is 16.3. The number of rotatable bonds is 3. The number of amides is 1. The SMILES string of the molecule is CC1CC(=O)NCCN1Cc1ccc(CO)cc1. The van der Waals surface area contributed by atoms with Crippen molar-refractivity contribution in [3.63, 3.8) is 0 Å². The second-order valence-corrected chi connectivity index (χ2v) is 4.85. The lowest BCUT2D eigenvalue weighted by atomic mass is 10.1. The molecule has 1 aliphatic heterocycles. The Labute approximate surface area is 108 Å². The summed E-state index contributed by atoms with van der Waals surface area (Å²) in [6.45, 7) is 4.63. The molecule has 1 fully saturated rings. The average Bonchev–Trinajstić information content (AvgIpc) is 2.52. The van der Waals surface area contributed by atoms with Gasteiger partial charge in [-0.2, -0.15) is 0 Å². The summed E-state index contributed by atoms with van der Waals surface area (Å²) in [6, 6.07) is 8.24. The van der Waals surface area contributed by atoms with Crippen molar-refractivity contribution < 1.29 is 9.90 Å². The summed E-state index contributed by atoms with van der Waals surface area (Å²) in [5.74, 6) is 0.139. The Morgan fingerprint density at radius 3 is 2.67 bits per heavy atom. The van der Waals surface area contributed by atoms with Gasteiger partial charge < -0.3 is 10.4 Å². The van der Waals surface area contributed by atoms with Gasteiger partial charge in [0.25, 0.3) is 0 Å². The van der Waals surface area contributed by atoms with E-state index in [9.17, 15) is 4.79 Å². The summed E-state index contributed by atoms with van der Waals surface area (Å²) in [6.07, 6.45) is 0.564. The Hall–Kier alpha value is -1.39. The van der Waals surface area contributed by atoms with Gasteiger partial charge in [0, 0.05) is 32.1 Å². The fraction of sp³-hybridized carbons (Fsp3) is 0.500. The van der Waals surface area contributed by atoms with Crippen molar-refractivity contribution in [3.8, 4) is 0 Å². The third-order valence-electron chi connectivity index (χ3n) is 3.42. The summed E-state index contributed by atoms with van der Waals surface area (Å²) in [5, 5.41) is 11.9. The van der Waals surface area contributed by atoms with Crippen LogP contribution in [0.1, 0.15) is 24.5 Å². The van der Waals surface area contributed by atoms with Crippen LogP contribution in [0.15, 0.2) is 24.3 Å². The zero-order chi connectivity index (χ0) is 13.0. The third kappa shape index (κ3) is 3.31. The largest absolute Gasteiger partial charge is 0.392 e. The molecule has 0 spiro atoms.